The van der Waals surface area contributed by atoms with Gasteiger partial charge in [0.1, 0.15) is 11.9 Å². The van der Waals surface area contributed by atoms with Crippen molar-refractivity contribution in [2.75, 3.05) is 19.0 Å². The molecular weight excluding hydrogens is 416 g/mol. The van der Waals surface area contributed by atoms with Crippen LogP contribution in [0.2, 0.25) is 5.02 Å². The maximum atomic E-state index is 12.6. The fraction of sp³-hybridized carbons (Fsp3) is 0.261. The second-order valence-electron chi connectivity index (χ2n) is 7.35. The summed E-state index contributed by atoms with van der Waals surface area (Å²) in [7, 11) is 1.59. The number of anilines is 1. The molecule has 1 atom stereocenters. The summed E-state index contributed by atoms with van der Waals surface area (Å²) >= 11 is 6.16. The number of hydrogen-bond donors (Lipinski definition) is 2. The van der Waals surface area contributed by atoms with E-state index in [4.69, 9.17) is 16.3 Å². The second-order valence-corrected chi connectivity index (χ2v) is 7.79. The number of hydrogen-bond acceptors (Lipinski definition) is 4. The Labute approximate surface area is 185 Å². The third kappa shape index (κ3) is 4.62. The van der Waals surface area contributed by atoms with Gasteiger partial charge in [-0.25, -0.2) is 4.68 Å². The van der Waals surface area contributed by atoms with E-state index in [-0.39, 0.29) is 24.8 Å². The van der Waals surface area contributed by atoms with E-state index in [0.29, 0.717) is 23.1 Å². The fourth-order valence-electron chi connectivity index (χ4n) is 3.74. The van der Waals surface area contributed by atoms with Crippen LogP contribution >= 0.6 is 11.6 Å². The van der Waals surface area contributed by atoms with Crippen LogP contribution in [0.5, 0.6) is 0 Å². The number of rotatable bonds is 8. The van der Waals surface area contributed by atoms with Gasteiger partial charge in [0, 0.05) is 24.2 Å². The molecule has 1 aromatic heterocycles. The molecule has 160 valence electrons. The third-order valence-corrected chi connectivity index (χ3v) is 5.41. The quantitative estimate of drug-likeness (QED) is 0.562. The number of ether oxygens (including phenoxy) is 1. The molecule has 2 amide bonds. The van der Waals surface area contributed by atoms with Gasteiger partial charge in [0.25, 0.3) is 5.91 Å². The minimum Gasteiger partial charge on any atom is -0.378 e. The molecule has 0 spiro atoms. The molecule has 0 saturated carbocycles. The van der Waals surface area contributed by atoms with E-state index in [2.05, 4.69) is 15.7 Å². The van der Waals surface area contributed by atoms with Crippen molar-refractivity contribution >= 4 is 29.2 Å². The molecule has 1 aliphatic rings. The van der Waals surface area contributed by atoms with Gasteiger partial charge in [-0.1, -0.05) is 54.1 Å². The van der Waals surface area contributed by atoms with Gasteiger partial charge in [0.2, 0.25) is 5.91 Å². The van der Waals surface area contributed by atoms with Crippen LogP contribution in [-0.4, -0.2) is 35.2 Å². The SMILES string of the molecule is COCc1nn2c(c1-c1cccc(Cl)c1)NC(=O)C2CC(=O)NCCc1ccccc1. The standard InChI is InChI=1S/C23H23ClN4O3/c1-31-14-18-21(16-8-5-9-17(24)12-16)22-26-23(30)19(28(22)27-18)13-20(29)25-11-10-15-6-3-2-4-7-15/h2-9,12,19H,10-11,13-14H2,1H3,(H,25,29)(H,26,30). The Balaban J connectivity index is 1.51. The monoisotopic (exact) mass is 438 g/mol. The topological polar surface area (TPSA) is 85.2 Å². The molecule has 4 rings (SSSR count). The van der Waals surface area contributed by atoms with Crippen LogP contribution in [0, 0.1) is 0 Å². The van der Waals surface area contributed by atoms with Gasteiger partial charge in [0.05, 0.1) is 18.7 Å². The maximum Gasteiger partial charge on any atom is 0.251 e. The average Bonchev–Trinajstić information content (AvgIpc) is 3.24. The first-order valence-corrected chi connectivity index (χ1v) is 10.4. The number of methoxy groups -OCH3 is 1. The second kappa shape index (κ2) is 9.32. The van der Waals surface area contributed by atoms with Gasteiger partial charge in [-0.05, 0) is 29.7 Å². The van der Waals surface area contributed by atoms with Crippen LogP contribution < -0.4 is 10.6 Å². The summed E-state index contributed by atoms with van der Waals surface area (Å²) in [5, 5.41) is 10.9. The molecule has 0 aliphatic carbocycles. The smallest absolute Gasteiger partial charge is 0.251 e. The molecule has 2 N–H and O–H groups in total. The van der Waals surface area contributed by atoms with E-state index in [9.17, 15) is 9.59 Å². The van der Waals surface area contributed by atoms with Crippen molar-refractivity contribution in [3.05, 3.63) is 70.9 Å². The maximum absolute atomic E-state index is 12.6. The highest BCUT2D eigenvalue weighted by atomic mass is 35.5. The highest BCUT2D eigenvalue weighted by molar-refractivity contribution is 6.30. The van der Waals surface area contributed by atoms with Gasteiger partial charge in [0.15, 0.2) is 0 Å². The van der Waals surface area contributed by atoms with E-state index >= 15 is 0 Å². The van der Waals surface area contributed by atoms with E-state index in [1.165, 1.54) is 0 Å². The number of benzene rings is 2. The molecule has 3 aromatic rings. The number of nitrogens with zero attached hydrogens (tertiary/aromatic N) is 2. The Hall–Kier alpha value is -3.16. The minimum atomic E-state index is -0.713. The van der Waals surface area contributed by atoms with E-state index < -0.39 is 6.04 Å². The number of halogens is 1. The Morgan fingerprint density at radius 3 is 2.77 bits per heavy atom. The summed E-state index contributed by atoms with van der Waals surface area (Å²) in [4.78, 5) is 25.1. The molecular formula is C23H23ClN4O3. The van der Waals surface area contributed by atoms with Crippen molar-refractivity contribution in [1.29, 1.82) is 0 Å². The highest BCUT2D eigenvalue weighted by Crippen LogP contribution is 2.39. The summed E-state index contributed by atoms with van der Waals surface area (Å²) in [5.41, 5.74) is 3.40. The Bertz CT molecular complexity index is 1100. The molecule has 0 bridgehead atoms. The molecule has 2 heterocycles. The van der Waals surface area contributed by atoms with E-state index in [1.54, 1.807) is 17.9 Å². The first kappa shape index (κ1) is 21.1. The van der Waals surface area contributed by atoms with Crippen molar-refractivity contribution < 1.29 is 14.3 Å². The summed E-state index contributed by atoms with van der Waals surface area (Å²) < 4.78 is 6.88. The van der Waals surface area contributed by atoms with Crippen LogP contribution in [0.3, 0.4) is 0 Å². The lowest BCUT2D eigenvalue weighted by atomic mass is 10.1. The first-order chi connectivity index (χ1) is 15.1. The highest BCUT2D eigenvalue weighted by Gasteiger charge is 2.37. The average molecular weight is 439 g/mol. The van der Waals surface area contributed by atoms with Crippen molar-refractivity contribution in [2.24, 2.45) is 0 Å². The molecule has 0 fully saturated rings. The van der Waals surface area contributed by atoms with Gasteiger partial charge >= 0.3 is 0 Å². The molecule has 2 aromatic carbocycles. The van der Waals surface area contributed by atoms with E-state index in [1.807, 2.05) is 48.5 Å². The molecule has 1 unspecified atom stereocenters. The van der Waals surface area contributed by atoms with Gasteiger partial charge in [-0.3, -0.25) is 9.59 Å². The Morgan fingerprint density at radius 2 is 2.03 bits per heavy atom. The van der Waals surface area contributed by atoms with Gasteiger partial charge in [-0.15, -0.1) is 0 Å². The molecule has 31 heavy (non-hydrogen) atoms. The molecule has 8 heteroatoms. The van der Waals surface area contributed by atoms with Gasteiger partial charge in [-0.2, -0.15) is 5.10 Å². The zero-order chi connectivity index (χ0) is 21.8. The zero-order valence-electron chi connectivity index (χ0n) is 17.1. The first-order valence-electron chi connectivity index (χ1n) is 10.0. The van der Waals surface area contributed by atoms with Crippen molar-refractivity contribution in [3.63, 3.8) is 0 Å². The lowest BCUT2D eigenvalue weighted by Crippen LogP contribution is -2.30. The number of fused-ring (bicyclic) bond motifs is 1. The number of carbonyl (C=O) groups is 2. The molecule has 1 aliphatic heterocycles. The van der Waals surface area contributed by atoms with Crippen molar-refractivity contribution in [2.45, 2.75) is 25.5 Å². The Morgan fingerprint density at radius 1 is 1.23 bits per heavy atom. The van der Waals surface area contributed by atoms with Crippen molar-refractivity contribution in [3.8, 4) is 11.1 Å². The van der Waals surface area contributed by atoms with Crippen LogP contribution in [0.1, 0.15) is 23.7 Å². The van der Waals surface area contributed by atoms with Crippen LogP contribution in [-0.2, 0) is 27.4 Å². The predicted octanol–water partition coefficient (Wildman–Crippen LogP) is 3.59. The van der Waals surface area contributed by atoms with E-state index in [0.717, 1.165) is 23.1 Å². The lowest BCUT2D eigenvalue weighted by molar-refractivity contribution is -0.126. The van der Waals surface area contributed by atoms with Crippen LogP contribution in [0.25, 0.3) is 11.1 Å². The Kier molecular flexibility index (Phi) is 6.34. The summed E-state index contributed by atoms with van der Waals surface area (Å²) in [6.45, 7) is 0.777. The summed E-state index contributed by atoms with van der Waals surface area (Å²) in [6.07, 6.45) is 0.740. The predicted molar refractivity (Wildman–Crippen MR) is 119 cm³/mol. The van der Waals surface area contributed by atoms with Gasteiger partial charge < -0.3 is 15.4 Å². The summed E-state index contributed by atoms with van der Waals surface area (Å²) in [6, 6.07) is 16.5. The molecule has 0 saturated heterocycles. The summed E-state index contributed by atoms with van der Waals surface area (Å²) in [5.74, 6) is 0.103. The zero-order valence-corrected chi connectivity index (χ0v) is 17.9. The van der Waals surface area contributed by atoms with Crippen LogP contribution in [0.4, 0.5) is 5.82 Å². The molecule has 7 nitrogen and oxygen atoms in total. The molecule has 0 radical (unpaired) electrons. The number of carbonyl (C=O) groups excluding carboxylic acids is 2. The third-order valence-electron chi connectivity index (χ3n) is 5.17. The lowest BCUT2D eigenvalue weighted by Gasteiger charge is -2.10. The largest absolute Gasteiger partial charge is 0.378 e. The minimum absolute atomic E-state index is 0.0106. The van der Waals surface area contributed by atoms with Crippen LogP contribution in [0.15, 0.2) is 54.6 Å². The number of amides is 2. The number of nitrogens with one attached hydrogen (secondary N) is 2. The normalized spacial score (nSPS) is 14.9. The number of aromatic nitrogens is 2. The van der Waals surface area contributed by atoms with Crippen molar-refractivity contribution in [1.82, 2.24) is 15.1 Å². The fourth-order valence-corrected chi connectivity index (χ4v) is 3.93.